The Morgan fingerprint density at radius 1 is 1.25 bits per heavy atom. The standard InChI is InChI=1S/C19H27BrN4O3.HI/c1-21-19(24-11-7-14(8-12-24)18(26)27-2)23-10-4-9-22-17(25)15-5-3-6-16(20)13-15;/h3,5-6,13-14H,4,7-12H2,1-2H3,(H,21,23)(H,22,25);1H. The molecular formula is C19H28BrIN4O3. The topological polar surface area (TPSA) is 83.0 Å². The maximum absolute atomic E-state index is 12.1. The SMILES string of the molecule is CN=C(NCCCNC(=O)c1cccc(Br)c1)N1CCC(C(=O)OC)CC1.I. The molecule has 1 aromatic rings. The molecule has 1 aliphatic rings. The van der Waals surface area contributed by atoms with E-state index in [1.807, 2.05) is 12.1 Å². The van der Waals surface area contributed by atoms with E-state index in [4.69, 9.17) is 4.74 Å². The monoisotopic (exact) mass is 566 g/mol. The van der Waals surface area contributed by atoms with E-state index in [2.05, 4.69) is 36.5 Å². The van der Waals surface area contributed by atoms with Crippen LogP contribution in [0.3, 0.4) is 0 Å². The third kappa shape index (κ3) is 7.57. The van der Waals surface area contributed by atoms with E-state index < -0.39 is 0 Å². The molecule has 1 aromatic carbocycles. The van der Waals surface area contributed by atoms with Gasteiger partial charge in [0.15, 0.2) is 5.96 Å². The lowest BCUT2D eigenvalue weighted by molar-refractivity contribution is -0.146. The van der Waals surface area contributed by atoms with Gasteiger partial charge in [-0.05, 0) is 37.5 Å². The lowest BCUT2D eigenvalue weighted by atomic mass is 9.97. The van der Waals surface area contributed by atoms with E-state index in [0.29, 0.717) is 18.7 Å². The number of rotatable bonds is 6. The van der Waals surface area contributed by atoms with E-state index in [1.54, 1.807) is 19.2 Å². The van der Waals surface area contributed by atoms with E-state index in [0.717, 1.165) is 42.8 Å². The summed E-state index contributed by atoms with van der Waals surface area (Å²) in [6.07, 6.45) is 2.34. The fourth-order valence-corrected chi connectivity index (χ4v) is 3.45. The van der Waals surface area contributed by atoms with E-state index in [-0.39, 0.29) is 41.8 Å². The highest BCUT2D eigenvalue weighted by atomic mass is 127. The van der Waals surface area contributed by atoms with Crippen molar-refractivity contribution in [1.82, 2.24) is 15.5 Å². The first-order chi connectivity index (χ1) is 13.0. The van der Waals surface area contributed by atoms with Gasteiger partial charge in [0.25, 0.3) is 5.91 Å². The van der Waals surface area contributed by atoms with Crippen LogP contribution in [0.5, 0.6) is 0 Å². The first kappa shape index (κ1) is 24.7. The number of benzene rings is 1. The van der Waals surface area contributed by atoms with Crippen molar-refractivity contribution in [1.29, 1.82) is 0 Å². The number of esters is 1. The van der Waals surface area contributed by atoms with Crippen LogP contribution < -0.4 is 10.6 Å². The van der Waals surface area contributed by atoms with Crippen LogP contribution in [-0.4, -0.2) is 63.1 Å². The van der Waals surface area contributed by atoms with Gasteiger partial charge in [0.2, 0.25) is 0 Å². The molecule has 1 saturated heterocycles. The molecule has 0 aliphatic carbocycles. The second-order valence-corrected chi connectivity index (χ2v) is 7.29. The molecule has 1 aliphatic heterocycles. The zero-order chi connectivity index (χ0) is 19.6. The Morgan fingerprint density at radius 2 is 1.93 bits per heavy atom. The van der Waals surface area contributed by atoms with E-state index in [1.165, 1.54) is 7.11 Å². The molecule has 0 bridgehead atoms. The summed E-state index contributed by atoms with van der Waals surface area (Å²) in [6.45, 7) is 2.85. The van der Waals surface area contributed by atoms with Gasteiger partial charge in [-0.15, -0.1) is 24.0 Å². The summed E-state index contributed by atoms with van der Waals surface area (Å²) < 4.78 is 5.71. The lowest BCUT2D eigenvalue weighted by Gasteiger charge is -2.33. The van der Waals surface area contributed by atoms with Crippen LogP contribution in [0.2, 0.25) is 0 Å². The van der Waals surface area contributed by atoms with Crippen LogP contribution >= 0.6 is 39.9 Å². The number of ether oxygens (including phenoxy) is 1. The van der Waals surface area contributed by atoms with Crippen LogP contribution in [0.1, 0.15) is 29.6 Å². The number of nitrogens with one attached hydrogen (secondary N) is 2. The molecule has 9 heteroatoms. The summed E-state index contributed by atoms with van der Waals surface area (Å²) in [7, 11) is 3.19. The minimum atomic E-state index is -0.126. The summed E-state index contributed by atoms with van der Waals surface area (Å²) in [5.41, 5.74) is 0.640. The van der Waals surface area contributed by atoms with Crippen molar-refractivity contribution in [2.75, 3.05) is 40.3 Å². The molecule has 0 aromatic heterocycles. The van der Waals surface area contributed by atoms with Gasteiger partial charge in [-0.25, -0.2) is 0 Å². The molecular weight excluding hydrogens is 539 g/mol. The Balaban J connectivity index is 0.00000392. The first-order valence-corrected chi connectivity index (χ1v) is 9.91. The summed E-state index contributed by atoms with van der Waals surface area (Å²) >= 11 is 3.37. The highest BCUT2D eigenvalue weighted by Gasteiger charge is 2.26. The molecule has 0 spiro atoms. The number of hydrogen-bond donors (Lipinski definition) is 2. The minimum absolute atomic E-state index is 0. The quantitative estimate of drug-likeness (QED) is 0.182. The maximum atomic E-state index is 12.1. The van der Waals surface area contributed by atoms with Crippen molar-refractivity contribution in [3.8, 4) is 0 Å². The summed E-state index contributed by atoms with van der Waals surface area (Å²) in [6, 6.07) is 7.32. The zero-order valence-electron chi connectivity index (χ0n) is 16.2. The largest absolute Gasteiger partial charge is 0.469 e. The van der Waals surface area contributed by atoms with Gasteiger partial charge < -0.3 is 20.3 Å². The van der Waals surface area contributed by atoms with E-state index in [9.17, 15) is 9.59 Å². The number of guanidine groups is 1. The number of carbonyl (C=O) groups excluding carboxylic acids is 2. The Kier molecular flexibility index (Phi) is 11.4. The predicted octanol–water partition coefficient (Wildman–Crippen LogP) is 2.65. The summed E-state index contributed by atoms with van der Waals surface area (Å²) in [5.74, 6) is 0.610. The third-order valence-corrected chi connectivity index (χ3v) is 5.04. The van der Waals surface area contributed by atoms with Gasteiger partial charge >= 0.3 is 5.97 Å². The Bertz CT molecular complexity index is 679. The lowest BCUT2D eigenvalue weighted by Crippen LogP contribution is -2.47. The van der Waals surface area contributed by atoms with Crippen LogP contribution in [-0.2, 0) is 9.53 Å². The molecule has 0 atom stereocenters. The number of aliphatic imine (C=N–C) groups is 1. The van der Waals surface area contributed by atoms with E-state index >= 15 is 0 Å². The average molecular weight is 567 g/mol. The highest BCUT2D eigenvalue weighted by molar-refractivity contribution is 14.0. The fraction of sp³-hybridized carbons (Fsp3) is 0.526. The molecule has 2 N–H and O–H groups in total. The van der Waals surface area contributed by atoms with Crippen molar-refractivity contribution in [3.63, 3.8) is 0 Å². The van der Waals surface area contributed by atoms with Gasteiger partial charge in [0.1, 0.15) is 0 Å². The molecule has 2 rings (SSSR count). The Hall–Kier alpha value is -1.36. The van der Waals surface area contributed by atoms with Crippen LogP contribution in [0, 0.1) is 5.92 Å². The maximum Gasteiger partial charge on any atom is 0.308 e. The normalized spacial score (nSPS) is 14.8. The molecule has 7 nitrogen and oxygen atoms in total. The van der Waals surface area contributed by atoms with Crippen molar-refractivity contribution < 1.29 is 14.3 Å². The van der Waals surface area contributed by atoms with Gasteiger partial charge in [-0.1, -0.05) is 22.0 Å². The van der Waals surface area contributed by atoms with Gasteiger partial charge in [-0.3, -0.25) is 14.6 Å². The average Bonchev–Trinajstić information content (AvgIpc) is 2.70. The summed E-state index contributed by atoms with van der Waals surface area (Å²) in [4.78, 5) is 30.2. The molecule has 0 unspecified atom stereocenters. The zero-order valence-corrected chi connectivity index (χ0v) is 20.2. The molecule has 156 valence electrons. The Labute approximate surface area is 191 Å². The van der Waals surface area contributed by atoms with Gasteiger partial charge in [-0.2, -0.15) is 0 Å². The number of carbonyl (C=O) groups is 2. The number of piperidine rings is 1. The molecule has 28 heavy (non-hydrogen) atoms. The van der Waals surface area contributed by atoms with Gasteiger partial charge in [0.05, 0.1) is 13.0 Å². The molecule has 0 radical (unpaired) electrons. The molecule has 1 amide bonds. The van der Waals surface area contributed by atoms with Crippen molar-refractivity contribution in [2.45, 2.75) is 19.3 Å². The smallest absolute Gasteiger partial charge is 0.308 e. The number of halogens is 2. The van der Waals surface area contributed by atoms with Gasteiger partial charge in [0, 0.05) is 43.3 Å². The first-order valence-electron chi connectivity index (χ1n) is 9.12. The highest BCUT2D eigenvalue weighted by Crippen LogP contribution is 2.18. The number of amides is 1. The number of methoxy groups -OCH3 is 1. The predicted molar refractivity (Wildman–Crippen MR) is 124 cm³/mol. The minimum Gasteiger partial charge on any atom is -0.469 e. The van der Waals surface area contributed by atoms with Crippen molar-refractivity contribution in [2.24, 2.45) is 10.9 Å². The molecule has 1 fully saturated rings. The fourth-order valence-electron chi connectivity index (χ4n) is 3.05. The van der Waals surface area contributed by atoms with Crippen LogP contribution in [0.25, 0.3) is 0 Å². The summed E-state index contributed by atoms with van der Waals surface area (Å²) in [5, 5.41) is 6.24. The van der Waals surface area contributed by atoms with Crippen molar-refractivity contribution >= 4 is 57.7 Å². The Morgan fingerprint density at radius 3 is 2.54 bits per heavy atom. The molecule has 1 heterocycles. The van der Waals surface area contributed by atoms with Crippen molar-refractivity contribution in [3.05, 3.63) is 34.3 Å². The number of hydrogen-bond acceptors (Lipinski definition) is 4. The molecule has 0 saturated carbocycles. The van der Waals surface area contributed by atoms with Crippen LogP contribution in [0.15, 0.2) is 33.7 Å². The number of likely N-dealkylation sites (tertiary alicyclic amines) is 1. The van der Waals surface area contributed by atoms with Crippen LogP contribution in [0.4, 0.5) is 0 Å². The third-order valence-electron chi connectivity index (χ3n) is 4.55. The second kappa shape index (κ2) is 13.0. The number of nitrogens with zero attached hydrogens (tertiary/aromatic N) is 2. The second-order valence-electron chi connectivity index (χ2n) is 6.38.